The third-order valence-electron chi connectivity index (χ3n) is 3.63. The van der Waals surface area contributed by atoms with E-state index >= 15 is 0 Å². The first-order valence-corrected chi connectivity index (χ1v) is 8.72. The van der Waals surface area contributed by atoms with Crippen LogP contribution in [0, 0.1) is 0 Å². The van der Waals surface area contributed by atoms with Crippen molar-refractivity contribution in [2.75, 3.05) is 0 Å². The second-order valence-corrected chi connectivity index (χ2v) is 4.99. The summed E-state index contributed by atoms with van der Waals surface area (Å²) in [6, 6.07) is 6.55. The molecule has 0 N–H and O–H groups in total. The number of rotatable bonds is 5. The molecule has 0 aliphatic heterocycles. The van der Waals surface area contributed by atoms with E-state index in [1.807, 2.05) is 52.8 Å². The van der Waals surface area contributed by atoms with Gasteiger partial charge in [-0.2, -0.15) is 0 Å². The Labute approximate surface area is 149 Å². The fourth-order valence-corrected chi connectivity index (χ4v) is 2.65. The molecule has 0 bridgehead atoms. The highest BCUT2D eigenvalue weighted by molar-refractivity contribution is 5.87. The van der Waals surface area contributed by atoms with E-state index in [0.29, 0.717) is 0 Å². The van der Waals surface area contributed by atoms with Crippen molar-refractivity contribution >= 4 is 11.1 Å². The minimum Gasteiger partial charge on any atom is -0.0990 e. The van der Waals surface area contributed by atoms with Crippen molar-refractivity contribution in [1.82, 2.24) is 0 Å². The number of allylic oxidation sites excluding steroid dienone is 8. The summed E-state index contributed by atoms with van der Waals surface area (Å²) >= 11 is 0. The number of hydrogen-bond donors (Lipinski definition) is 0. The largest absolute Gasteiger partial charge is 0.0990 e. The molecule has 0 fully saturated rings. The monoisotopic (exact) mass is 320 g/mol. The summed E-state index contributed by atoms with van der Waals surface area (Å²) in [5.74, 6) is 0. The zero-order chi connectivity index (χ0) is 18.7. The van der Waals surface area contributed by atoms with Gasteiger partial charge >= 0.3 is 0 Å². The van der Waals surface area contributed by atoms with Gasteiger partial charge in [-0.1, -0.05) is 96.0 Å². The van der Waals surface area contributed by atoms with E-state index in [-0.39, 0.29) is 0 Å². The maximum atomic E-state index is 4.05. The summed E-state index contributed by atoms with van der Waals surface area (Å²) in [6.07, 6.45) is 8.59. The molecule has 0 radical (unpaired) electrons. The molecule has 128 valence electrons. The van der Waals surface area contributed by atoms with Crippen LogP contribution in [0.5, 0.6) is 0 Å². The highest BCUT2D eigenvalue weighted by Gasteiger charge is 2.18. The van der Waals surface area contributed by atoms with Crippen LogP contribution in [0.25, 0.3) is 11.1 Å². The molecule has 0 heterocycles. The molecule has 0 aromatic heterocycles. The number of hydrogen-bond acceptors (Lipinski definition) is 0. The summed E-state index contributed by atoms with van der Waals surface area (Å²) in [5.41, 5.74) is 8.35. The lowest BCUT2D eigenvalue weighted by atomic mass is 9.94. The van der Waals surface area contributed by atoms with Crippen molar-refractivity contribution in [3.8, 4) is 0 Å². The van der Waals surface area contributed by atoms with E-state index < -0.39 is 0 Å². The second-order valence-electron chi connectivity index (χ2n) is 4.99. The molecule has 1 aromatic carbocycles. The number of fused-ring (bicyclic) bond motifs is 1. The minimum atomic E-state index is 0.939. The molecule has 0 saturated carbocycles. The van der Waals surface area contributed by atoms with Gasteiger partial charge in [-0.15, -0.1) is 0 Å². The lowest BCUT2D eigenvalue weighted by Crippen LogP contribution is -1.90. The van der Waals surface area contributed by atoms with Crippen LogP contribution in [0.1, 0.15) is 51.3 Å². The average molecular weight is 321 g/mol. The molecule has 2 rings (SSSR count). The highest BCUT2D eigenvalue weighted by Crippen LogP contribution is 2.36. The van der Waals surface area contributed by atoms with Crippen molar-refractivity contribution < 1.29 is 0 Å². The van der Waals surface area contributed by atoms with E-state index in [1.165, 1.54) is 27.8 Å². The molecule has 0 spiro atoms. The molecule has 1 aromatic rings. The SMILES string of the molecule is C=C/C=C(\C(=C)C)c1ccc2c(c1)C(C=C)=C(C=C)C2.CC.CC. The smallest absolute Gasteiger partial charge is 0.00137 e. The summed E-state index contributed by atoms with van der Waals surface area (Å²) in [6.45, 7) is 25.7. The Hall–Kier alpha value is -2.34. The van der Waals surface area contributed by atoms with Crippen molar-refractivity contribution in [3.63, 3.8) is 0 Å². The summed E-state index contributed by atoms with van der Waals surface area (Å²) < 4.78 is 0. The van der Waals surface area contributed by atoms with E-state index in [1.54, 1.807) is 6.08 Å². The molecule has 1 aliphatic carbocycles. The first-order valence-electron chi connectivity index (χ1n) is 8.72. The van der Waals surface area contributed by atoms with Gasteiger partial charge < -0.3 is 0 Å². The first-order chi connectivity index (χ1) is 11.6. The molecule has 0 nitrogen and oxygen atoms in total. The molecule has 0 saturated heterocycles. The third-order valence-corrected chi connectivity index (χ3v) is 3.63. The van der Waals surface area contributed by atoms with Crippen LogP contribution in [0.15, 0.2) is 80.0 Å². The molecule has 0 atom stereocenters. The van der Waals surface area contributed by atoms with Crippen LogP contribution in [0.2, 0.25) is 0 Å². The predicted octanol–water partition coefficient (Wildman–Crippen LogP) is 7.57. The molecule has 24 heavy (non-hydrogen) atoms. The topological polar surface area (TPSA) is 0 Å². The van der Waals surface area contributed by atoms with E-state index in [0.717, 1.165) is 17.6 Å². The van der Waals surface area contributed by atoms with Crippen LogP contribution in [-0.4, -0.2) is 0 Å². The predicted molar refractivity (Wildman–Crippen MR) is 113 cm³/mol. The van der Waals surface area contributed by atoms with Gasteiger partial charge in [0.25, 0.3) is 0 Å². The first kappa shape index (κ1) is 21.7. The lowest BCUT2D eigenvalue weighted by molar-refractivity contribution is 1.25. The Morgan fingerprint density at radius 1 is 1.00 bits per heavy atom. The van der Waals surface area contributed by atoms with Gasteiger partial charge in [0.05, 0.1) is 0 Å². The fraction of sp³-hybridized carbons (Fsp3) is 0.250. The van der Waals surface area contributed by atoms with Crippen LogP contribution in [0.4, 0.5) is 0 Å². The van der Waals surface area contributed by atoms with Gasteiger partial charge in [0.15, 0.2) is 0 Å². The van der Waals surface area contributed by atoms with Crippen LogP contribution < -0.4 is 0 Å². The van der Waals surface area contributed by atoms with Gasteiger partial charge in [-0.05, 0) is 52.8 Å². The van der Waals surface area contributed by atoms with Gasteiger partial charge in [0.2, 0.25) is 0 Å². The summed E-state index contributed by atoms with van der Waals surface area (Å²) in [5, 5.41) is 0. The highest BCUT2D eigenvalue weighted by atomic mass is 14.2. The standard InChI is InChI=1S/C20H20.2C2H6/c1-6-9-19(14(4)5)17-11-10-16-12-15(7-2)18(8-3)20(16)13-17;2*1-2/h6-11,13H,1-4,12H2,5H3;2*1-2H3/b19-9+;;. The molecular formula is C24H32. The van der Waals surface area contributed by atoms with Crippen molar-refractivity contribution in [2.45, 2.75) is 41.0 Å². The quantitative estimate of drug-likeness (QED) is 0.491. The van der Waals surface area contributed by atoms with Crippen LogP contribution in [0.3, 0.4) is 0 Å². The second kappa shape index (κ2) is 11.2. The van der Waals surface area contributed by atoms with E-state index in [9.17, 15) is 0 Å². The molecular weight excluding hydrogens is 288 g/mol. The van der Waals surface area contributed by atoms with E-state index in [2.05, 4.69) is 44.5 Å². The Bertz CT molecular complexity index is 663. The van der Waals surface area contributed by atoms with Crippen LogP contribution in [-0.2, 0) is 6.42 Å². The lowest BCUT2D eigenvalue weighted by Gasteiger charge is -2.10. The molecule has 0 unspecified atom stereocenters. The Morgan fingerprint density at radius 2 is 1.62 bits per heavy atom. The molecule has 0 heteroatoms. The summed E-state index contributed by atoms with van der Waals surface area (Å²) in [4.78, 5) is 0. The zero-order valence-corrected chi connectivity index (χ0v) is 16.1. The normalized spacial score (nSPS) is 12.1. The maximum absolute atomic E-state index is 4.05. The molecule has 1 aliphatic rings. The fourth-order valence-electron chi connectivity index (χ4n) is 2.65. The maximum Gasteiger partial charge on any atom is -0.00137 e. The van der Waals surface area contributed by atoms with Gasteiger partial charge in [0.1, 0.15) is 0 Å². The van der Waals surface area contributed by atoms with Crippen molar-refractivity contribution in [2.24, 2.45) is 0 Å². The zero-order valence-electron chi connectivity index (χ0n) is 16.1. The van der Waals surface area contributed by atoms with Gasteiger partial charge in [-0.3, -0.25) is 0 Å². The minimum absolute atomic E-state index is 0.939. The Balaban J connectivity index is 0.00000123. The summed E-state index contributed by atoms with van der Waals surface area (Å²) in [7, 11) is 0. The Kier molecular flexibility index (Phi) is 10.1. The van der Waals surface area contributed by atoms with Crippen molar-refractivity contribution in [3.05, 3.63) is 96.7 Å². The average Bonchev–Trinajstić information content (AvgIpc) is 2.99. The van der Waals surface area contributed by atoms with E-state index in [4.69, 9.17) is 0 Å². The van der Waals surface area contributed by atoms with Gasteiger partial charge in [-0.25, -0.2) is 0 Å². The number of benzene rings is 1. The molecule has 0 amide bonds. The van der Waals surface area contributed by atoms with Crippen LogP contribution >= 0.6 is 0 Å². The van der Waals surface area contributed by atoms with Gasteiger partial charge in [0, 0.05) is 0 Å². The Morgan fingerprint density at radius 3 is 2.08 bits per heavy atom. The third kappa shape index (κ3) is 4.83. The van der Waals surface area contributed by atoms with Crippen molar-refractivity contribution in [1.29, 1.82) is 0 Å².